The number of rotatable bonds is 0. The lowest BCUT2D eigenvalue weighted by atomic mass is 9.73. The van der Waals surface area contributed by atoms with E-state index in [0.29, 0.717) is 10.8 Å². The standard InChI is InChI=1S/C15H23N/c1-14(2)7-8-15(3,4)10-13-6-5-12(9-14)11-16-13/h5-6,11H,7-10H2,1-4H3. The van der Waals surface area contributed by atoms with E-state index in [-0.39, 0.29) is 0 Å². The molecule has 2 bridgehead atoms. The molecule has 0 atom stereocenters. The maximum absolute atomic E-state index is 4.58. The Balaban J connectivity index is 2.34. The van der Waals surface area contributed by atoms with Crippen molar-refractivity contribution in [1.82, 2.24) is 4.98 Å². The van der Waals surface area contributed by atoms with Crippen LogP contribution in [0.2, 0.25) is 0 Å². The minimum Gasteiger partial charge on any atom is -0.261 e. The third kappa shape index (κ3) is 2.84. The van der Waals surface area contributed by atoms with E-state index in [9.17, 15) is 0 Å². The molecular formula is C15H23N. The zero-order valence-electron chi connectivity index (χ0n) is 11.0. The average Bonchev–Trinajstić information content (AvgIpc) is 2.17. The molecule has 0 N–H and O–H groups in total. The quantitative estimate of drug-likeness (QED) is 0.640. The van der Waals surface area contributed by atoms with Crippen molar-refractivity contribution in [3.8, 4) is 0 Å². The Labute approximate surface area is 99.3 Å². The highest BCUT2D eigenvalue weighted by Gasteiger charge is 2.26. The van der Waals surface area contributed by atoms with Gasteiger partial charge in [0.25, 0.3) is 0 Å². The maximum Gasteiger partial charge on any atom is 0.0409 e. The molecule has 0 unspecified atom stereocenters. The third-order valence-electron chi connectivity index (χ3n) is 3.71. The van der Waals surface area contributed by atoms with Crippen LogP contribution < -0.4 is 0 Å². The Morgan fingerprint density at radius 2 is 1.56 bits per heavy atom. The Bertz CT molecular complexity index is 323. The molecule has 0 aromatic carbocycles. The number of aromatic nitrogens is 1. The highest BCUT2D eigenvalue weighted by molar-refractivity contribution is 5.17. The number of pyridine rings is 1. The van der Waals surface area contributed by atoms with Gasteiger partial charge in [-0.15, -0.1) is 0 Å². The molecule has 0 spiro atoms. The summed E-state index contributed by atoms with van der Waals surface area (Å²) in [6.45, 7) is 9.47. The fourth-order valence-corrected chi connectivity index (χ4v) is 2.56. The number of hydrogen-bond acceptors (Lipinski definition) is 1. The fourth-order valence-electron chi connectivity index (χ4n) is 2.56. The van der Waals surface area contributed by atoms with E-state index in [0.717, 1.165) is 12.8 Å². The summed E-state index contributed by atoms with van der Waals surface area (Å²) in [5, 5.41) is 0. The van der Waals surface area contributed by atoms with E-state index in [2.05, 4.69) is 51.0 Å². The van der Waals surface area contributed by atoms with Crippen LogP contribution in [-0.2, 0) is 12.8 Å². The monoisotopic (exact) mass is 217 g/mol. The summed E-state index contributed by atoms with van der Waals surface area (Å²) in [5.41, 5.74) is 3.41. The van der Waals surface area contributed by atoms with Gasteiger partial charge in [0.1, 0.15) is 0 Å². The van der Waals surface area contributed by atoms with E-state index >= 15 is 0 Å². The van der Waals surface area contributed by atoms with Gasteiger partial charge in [0.2, 0.25) is 0 Å². The summed E-state index contributed by atoms with van der Waals surface area (Å²) in [6.07, 6.45) is 6.91. The minimum absolute atomic E-state index is 0.378. The summed E-state index contributed by atoms with van der Waals surface area (Å²) >= 11 is 0. The highest BCUT2D eigenvalue weighted by Crippen LogP contribution is 2.36. The van der Waals surface area contributed by atoms with Gasteiger partial charge in [-0.3, -0.25) is 4.98 Å². The molecule has 0 fully saturated rings. The lowest BCUT2D eigenvalue weighted by molar-refractivity contribution is 0.232. The van der Waals surface area contributed by atoms with Gasteiger partial charge in [-0.25, -0.2) is 0 Å². The summed E-state index contributed by atoms with van der Waals surface area (Å²) in [4.78, 5) is 4.58. The Hall–Kier alpha value is -0.850. The SMILES string of the molecule is CC1(C)CCC(C)(C)Cc2ccc(cn2)C1. The summed E-state index contributed by atoms with van der Waals surface area (Å²) in [7, 11) is 0. The normalized spacial score (nSPS) is 23.0. The molecule has 3 rings (SSSR count). The van der Waals surface area contributed by atoms with Crippen LogP contribution in [0, 0.1) is 10.8 Å². The lowest BCUT2D eigenvalue weighted by Gasteiger charge is -2.32. The van der Waals surface area contributed by atoms with Crippen molar-refractivity contribution in [2.75, 3.05) is 0 Å². The van der Waals surface area contributed by atoms with E-state index in [1.165, 1.54) is 24.1 Å². The smallest absolute Gasteiger partial charge is 0.0409 e. The minimum atomic E-state index is 0.378. The first-order chi connectivity index (χ1) is 7.36. The summed E-state index contributed by atoms with van der Waals surface area (Å²) in [6, 6.07) is 4.46. The fraction of sp³-hybridized carbons (Fsp3) is 0.667. The van der Waals surface area contributed by atoms with Crippen LogP contribution >= 0.6 is 0 Å². The van der Waals surface area contributed by atoms with Crippen LogP contribution in [0.3, 0.4) is 0 Å². The summed E-state index contributed by atoms with van der Waals surface area (Å²) < 4.78 is 0. The van der Waals surface area contributed by atoms with Crippen molar-refractivity contribution in [2.45, 2.75) is 53.4 Å². The van der Waals surface area contributed by atoms with Gasteiger partial charge < -0.3 is 0 Å². The van der Waals surface area contributed by atoms with Gasteiger partial charge in [0.05, 0.1) is 0 Å². The van der Waals surface area contributed by atoms with Crippen molar-refractivity contribution in [3.05, 3.63) is 29.6 Å². The van der Waals surface area contributed by atoms with E-state index in [1.54, 1.807) is 0 Å². The van der Waals surface area contributed by atoms with Gasteiger partial charge in [0, 0.05) is 11.9 Å². The van der Waals surface area contributed by atoms with Crippen molar-refractivity contribution in [3.63, 3.8) is 0 Å². The Morgan fingerprint density at radius 3 is 2.12 bits per heavy atom. The third-order valence-corrected chi connectivity index (χ3v) is 3.71. The van der Waals surface area contributed by atoms with E-state index in [4.69, 9.17) is 0 Å². The van der Waals surface area contributed by atoms with Crippen LogP contribution in [0.4, 0.5) is 0 Å². The second kappa shape index (κ2) is 3.87. The number of nitrogens with zero attached hydrogens (tertiary/aromatic N) is 1. The molecule has 1 heteroatoms. The topological polar surface area (TPSA) is 12.9 Å². The van der Waals surface area contributed by atoms with Gasteiger partial charge in [-0.2, -0.15) is 0 Å². The van der Waals surface area contributed by atoms with Crippen molar-refractivity contribution >= 4 is 0 Å². The first-order valence-electron chi connectivity index (χ1n) is 6.30. The van der Waals surface area contributed by atoms with Gasteiger partial charge >= 0.3 is 0 Å². The van der Waals surface area contributed by atoms with Crippen LogP contribution in [0.15, 0.2) is 18.3 Å². The molecule has 2 aliphatic rings. The molecule has 1 nitrogen and oxygen atoms in total. The molecule has 88 valence electrons. The molecule has 1 aromatic rings. The molecule has 0 saturated carbocycles. The van der Waals surface area contributed by atoms with Crippen molar-refractivity contribution in [2.24, 2.45) is 10.8 Å². The molecule has 1 aliphatic carbocycles. The second-order valence-corrected chi connectivity index (χ2v) is 6.84. The van der Waals surface area contributed by atoms with Crippen LogP contribution in [0.5, 0.6) is 0 Å². The molecule has 0 saturated heterocycles. The molecule has 16 heavy (non-hydrogen) atoms. The van der Waals surface area contributed by atoms with Gasteiger partial charge in [0.15, 0.2) is 0 Å². The average molecular weight is 217 g/mol. The predicted octanol–water partition coefficient (Wildman–Crippen LogP) is 4.01. The van der Waals surface area contributed by atoms with Gasteiger partial charge in [-0.1, -0.05) is 33.8 Å². The zero-order valence-corrected chi connectivity index (χ0v) is 11.0. The van der Waals surface area contributed by atoms with Crippen LogP contribution in [0.1, 0.15) is 51.8 Å². The molecular weight excluding hydrogens is 194 g/mol. The molecule has 0 radical (unpaired) electrons. The zero-order chi connectivity index (χ0) is 11.8. The Morgan fingerprint density at radius 1 is 0.938 bits per heavy atom. The maximum atomic E-state index is 4.58. The first kappa shape index (κ1) is 11.6. The number of hydrogen-bond donors (Lipinski definition) is 0. The second-order valence-electron chi connectivity index (χ2n) is 6.84. The van der Waals surface area contributed by atoms with Crippen molar-refractivity contribution < 1.29 is 0 Å². The molecule has 1 aliphatic heterocycles. The van der Waals surface area contributed by atoms with Crippen molar-refractivity contribution in [1.29, 1.82) is 0 Å². The molecule has 2 heterocycles. The van der Waals surface area contributed by atoms with Gasteiger partial charge in [-0.05, 0) is 48.1 Å². The number of fused-ring (bicyclic) bond motifs is 7. The highest BCUT2D eigenvalue weighted by atomic mass is 14.7. The predicted molar refractivity (Wildman–Crippen MR) is 68.4 cm³/mol. The van der Waals surface area contributed by atoms with E-state index in [1.807, 2.05) is 0 Å². The lowest BCUT2D eigenvalue weighted by Crippen LogP contribution is -2.23. The largest absolute Gasteiger partial charge is 0.261 e. The van der Waals surface area contributed by atoms with E-state index < -0.39 is 0 Å². The van der Waals surface area contributed by atoms with Crippen LogP contribution in [-0.4, -0.2) is 4.98 Å². The first-order valence-corrected chi connectivity index (χ1v) is 6.30. The van der Waals surface area contributed by atoms with Crippen LogP contribution in [0.25, 0.3) is 0 Å². The molecule has 0 amide bonds. The Kier molecular flexibility index (Phi) is 2.81. The summed E-state index contributed by atoms with van der Waals surface area (Å²) in [5.74, 6) is 0. The molecule has 1 aromatic heterocycles.